The number of hydrogen-bond acceptors (Lipinski definition) is 2. The quantitative estimate of drug-likeness (QED) is 0.492. The van der Waals surface area contributed by atoms with Crippen molar-refractivity contribution in [1.29, 1.82) is 0 Å². The van der Waals surface area contributed by atoms with E-state index in [0.29, 0.717) is 19.2 Å². The lowest BCUT2D eigenvalue weighted by atomic mass is 9.96. The molecule has 1 aliphatic heterocycles. The molecule has 1 heterocycles. The first-order valence-electron chi connectivity index (χ1n) is 3.05. The Balaban J connectivity index is 2.44. The summed E-state index contributed by atoms with van der Waals surface area (Å²) in [6.07, 6.45) is 0. The van der Waals surface area contributed by atoms with Crippen LogP contribution < -0.4 is 0 Å². The standard InChI is InChI=1S/C7H12O2/c1-6-8-4-7(2,3)5-9-6/h1,4-5H2,2-3H3. The molecule has 0 aliphatic carbocycles. The maximum absolute atomic E-state index is 5.08. The molecule has 0 aromatic heterocycles. The lowest BCUT2D eigenvalue weighted by Gasteiger charge is -2.30. The van der Waals surface area contributed by atoms with Crippen LogP contribution in [0.5, 0.6) is 0 Å². The van der Waals surface area contributed by atoms with Gasteiger partial charge in [-0.25, -0.2) is 0 Å². The minimum Gasteiger partial charge on any atom is -0.465 e. The first kappa shape index (κ1) is 6.46. The summed E-state index contributed by atoms with van der Waals surface area (Å²) in [4.78, 5) is 0. The predicted octanol–water partition coefficient (Wildman–Crippen LogP) is 1.53. The highest BCUT2D eigenvalue weighted by atomic mass is 16.7. The lowest BCUT2D eigenvalue weighted by molar-refractivity contribution is -0.0835. The summed E-state index contributed by atoms with van der Waals surface area (Å²) in [5.74, 6) is 0.453. The fourth-order valence-electron chi connectivity index (χ4n) is 0.635. The maximum atomic E-state index is 5.08. The molecule has 1 fully saturated rings. The highest BCUT2D eigenvalue weighted by Gasteiger charge is 2.24. The minimum atomic E-state index is 0.154. The van der Waals surface area contributed by atoms with Gasteiger partial charge in [-0.2, -0.15) is 0 Å². The van der Waals surface area contributed by atoms with Crippen LogP contribution >= 0.6 is 0 Å². The second-order valence-electron chi connectivity index (χ2n) is 3.11. The van der Waals surface area contributed by atoms with Gasteiger partial charge >= 0.3 is 0 Å². The van der Waals surface area contributed by atoms with E-state index in [4.69, 9.17) is 9.47 Å². The van der Waals surface area contributed by atoms with Crippen LogP contribution in [0.3, 0.4) is 0 Å². The van der Waals surface area contributed by atoms with Gasteiger partial charge in [0.15, 0.2) is 0 Å². The molecule has 1 rings (SSSR count). The molecule has 0 unspecified atom stereocenters. The van der Waals surface area contributed by atoms with Gasteiger partial charge < -0.3 is 9.47 Å². The molecule has 0 atom stereocenters. The smallest absolute Gasteiger partial charge is 0.271 e. The van der Waals surface area contributed by atoms with Crippen molar-refractivity contribution in [3.63, 3.8) is 0 Å². The molecule has 0 saturated carbocycles. The Hall–Kier alpha value is -0.660. The van der Waals surface area contributed by atoms with E-state index in [0.717, 1.165) is 0 Å². The van der Waals surface area contributed by atoms with E-state index >= 15 is 0 Å². The molecule has 2 heteroatoms. The van der Waals surface area contributed by atoms with Crippen molar-refractivity contribution in [3.8, 4) is 0 Å². The van der Waals surface area contributed by atoms with Crippen LogP contribution in [0.15, 0.2) is 12.5 Å². The SMILES string of the molecule is C=C1OCC(C)(C)CO1. The van der Waals surface area contributed by atoms with Crippen molar-refractivity contribution in [2.45, 2.75) is 13.8 Å². The summed E-state index contributed by atoms with van der Waals surface area (Å²) in [6.45, 7) is 9.16. The third kappa shape index (κ3) is 1.63. The molecule has 2 nitrogen and oxygen atoms in total. The van der Waals surface area contributed by atoms with Crippen molar-refractivity contribution in [3.05, 3.63) is 12.5 Å². The van der Waals surface area contributed by atoms with Gasteiger partial charge in [0, 0.05) is 5.41 Å². The van der Waals surface area contributed by atoms with Gasteiger partial charge in [0.25, 0.3) is 5.95 Å². The van der Waals surface area contributed by atoms with Crippen LogP contribution in [-0.4, -0.2) is 13.2 Å². The number of ether oxygens (including phenoxy) is 2. The molecule has 0 spiro atoms. The van der Waals surface area contributed by atoms with Crippen molar-refractivity contribution in [2.24, 2.45) is 5.41 Å². The van der Waals surface area contributed by atoms with Gasteiger partial charge in [-0.3, -0.25) is 0 Å². The Kier molecular flexibility index (Phi) is 1.39. The van der Waals surface area contributed by atoms with Crippen molar-refractivity contribution in [2.75, 3.05) is 13.2 Å². The monoisotopic (exact) mass is 128 g/mol. The highest BCUT2D eigenvalue weighted by molar-refractivity contribution is 4.80. The normalized spacial score (nSPS) is 24.4. The minimum absolute atomic E-state index is 0.154. The summed E-state index contributed by atoms with van der Waals surface area (Å²) >= 11 is 0. The fraction of sp³-hybridized carbons (Fsp3) is 0.714. The zero-order chi connectivity index (χ0) is 6.91. The van der Waals surface area contributed by atoms with Gasteiger partial charge in [-0.05, 0) is 6.58 Å². The average molecular weight is 128 g/mol. The zero-order valence-corrected chi connectivity index (χ0v) is 5.94. The van der Waals surface area contributed by atoms with E-state index in [2.05, 4.69) is 20.4 Å². The molecular formula is C7H12O2. The molecule has 0 N–H and O–H groups in total. The number of rotatable bonds is 0. The largest absolute Gasteiger partial charge is 0.465 e. The third-order valence-electron chi connectivity index (χ3n) is 1.25. The van der Waals surface area contributed by atoms with Gasteiger partial charge in [0.05, 0.1) is 13.2 Å². The first-order chi connectivity index (χ1) is 4.10. The maximum Gasteiger partial charge on any atom is 0.271 e. The molecule has 0 amide bonds. The molecule has 0 aromatic carbocycles. The molecule has 1 saturated heterocycles. The Morgan fingerprint density at radius 3 is 2.11 bits per heavy atom. The topological polar surface area (TPSA) is 18.5 Å². The third-order valence-corrected chi connectivity index (χ3v) is 1.25. The fourth-order valence-corrected chi connectivity index (χ4v) is 0.635. The van der Waals surface area contributed by atoms with Gasteiger partial charge in [0.2, 0.25) is 0 Å². The molecule has 0 radical (unpaired) electrons. The molecular weight excluding hydrogens is 116 g/mol. The highest BCUT2D eigenvalue weighted by Crippen LogP contribution is 2.23. The van der Waals surface area contributed by atoms with E-state index in [1.807, 2.05) is 0 Å². The predicted molar refractivity (Wildman–Crippen MR) is 34.8 cm³/mol. The van der Waals surface area contributed by atoms with Crippen molar-refractivity contribution >= 4 is 0 Å². The second-order valence-corrected chi connectivity index (χ2v) is 3.11. The van der Waals surface area contributed by atoms with Gasteiger partial charge in [-0.1, -0.05) is 13.8 Å². The summed E-state index contributed by atoms with van der Waals surface area (Å²) in [5.41, 5.74) is 0.154. The van der Waals surface area contributed by atoms with Crippen LogP contribution in [0.25, 0.3) is 0 Å². The Labute approximate surface area is 55.5 Å². The Bertz CT molecular complexity index is 115. The number of hydrogen-bond donors (Lipinski definition) is 0. The van der Waals surface area contributed by atoms with Crippen molar-refractivity contribution < 1.29 is 9.47 Å². The first-order valence-corrected chi connectivity index (χ1v) is 3.05. The van der Waals surface area contributed by atoms with Gasteiger partial charge in [0.1, 0.15) is 0 Å². The van der Waals surface area contributed by atoms with E-state index in [1.54, 1.807) is 0 Å². The van der Waals surface area contributed by atoms with Crippen LogP contribution in [0, 0.1) is 5.41 Å². The van der Waals surface area contributed by atoms with Crippen LogP contribution in [0.1, 0.15) is 13.8 Å². The Morgan fingerprint density at radius 1 is 1.33 bits per heavy atom. The van der Waals surface area contributed by atoms with E-state index in [1.165, 1.54) is 0 Å². The summed E-state index contributed by atoms with van der Waals surface area (Å²) in [6, 6.07) is 0. The van der Waals surface area contributed by atoms with Gasteiger partial charge in [-0.15, -0.1) is 0 Å². The summed E-state index contributed by atoms with van der Waals surface area (Å²) < 4.78 is 10.2. The second kappa shape index (κ2) is 1.94. The zero-order valence-electron chi connectivity index (χ0n) is 5.94. The van der Waals surface area contributed by atoms with E-state index in [9.17, 15) is 0 Å². The Morgan fingerprint density at radius 2 is 1.78 bits per heavy atom. The lowest BCUT2D eigenvalue weighted by Crippen LogP contribution is -2.30. The average Bonchev–Trinajstić information content (AvgIpc) is 1.78. The van der Waals surface area contributed by atoms with Crippen LogP contribution in [-0.2, 0) is 9.47 Å². The molecule has 0 aromatic rings. The summed E-state index contributed by atoms with van der Waals surface area (Å²) in [5, 5.41) is 0. The molecule has 9 heavy (non-hydrogen) atoms. The van der Waals surface area contributed by atoms with Crippen LogP contribution in [0.2, 0.25) is 0 Å². The molecule has 0 bridgehead atoms. The molecule has 1 aliphatic rings. The van der Waals surface area contributed by atoms with E-state index < -0.39 is 0 Å². The van der Waals surface area contributed by atoms with E-state index in [-0.39, 0.29) is 5.41 Å². The molecule has 52 valence electrons. The van der Waals surface area contributed by atoms with Crippen LogP contribution in [0.4, 0.5) is 0 Å². The summed E-state index contributed by atoms with van der Waals surface area (Å²) in [7, 11) is 0. The van der Waals surface area contributed by atoms with Crippen molar-refractivity contribution in [1.82, 2.24) is 0 Å².